The molecule has 2 N–H and O–H groups in total. The van der Waals surface area contributed by atoms with E-state index in [1.54, 1.807) is 0 Å². The third kappa shape index (κ3) is 7.77. The van der Waals surface area contributed by atoms with Gasteiger partial charge in [-0.25, -0.2) is 0 Å². The van der Waals surface area contributed by atoms with Gasteiger partial charge in [-0.3, -0.25) is 0 Å². The Bertz CT molecular complexity index is 222. The molecule has 0 bridgehead atoms. The SMILES string of the molecule is CC=CC(CC)C(CCCC)C(C)CCC(C)CN. The lowest BCUT2D eigenvalue weighted by Crippen LogP contribution is -2.22. The lowest BCUT2D eigenvalue weighted by atomic mass is 9.75. The average Bonchev–Trinajstić information content (AvgIpc) is 2.43. The predicted molar refractivity (Wildman–Crippen MR) is 88.2 cm³/mol. The maximum Gasteiger partial charge on any atom is -0.00515 e. The molecule has 0 aliphatic heterocycles. The molecule has 19 heavy (non-hydrogen) atoms. The molecule has 0 saturated heterocycles. The first kappa shape index (κ1) is 18.7. The van der Waals surface area contributed by atoms with Gasteiger partial charge in [0.15, 0.2) is 0 Å². The van der Waals surface area contributed by atoms with Crippen molar-refractivity contribution in [1.29, 1.82) is 0 Å². The van der Waals surface area contributed by atoms with Gasteiger partial charge in [0, 0.05) is 0 Å². The van der Waals surface area contributed by atoms with Gasteiger partial charge in [-0.15, -0.1) is 0 Å². The maximum atomic E-state index is 5.74. The number of unbranched alkanes of at least 4 members (excludes halogenated alkanes) is 1. The summed E-state index contributed by atoms with van der Waals surface area (Å²) in [5, 5.41) is 0. The third-order valence-corrected chi connectivity index (χ3v) is 4.60. The van der Waals surface area contributed by atoms with Crippen molar-refractivity contribution in [2.45, 2.75) is 73.1 Å². The monoisotopic (exact) mass is 267 g/mol. The van der Waals surface area contributed by atoms with E-state index in [-0.39, 0.29) is 0 Å². The van der Waals surface area contributed by atoms with Crippen molar-refractivity contribution in [3.63, 3.8) is 0 Å². The van der Waals surface area contributed by atoms with Gasteiger partial charge in [0.2, 0.25) is 0 Å². The summed E-state index contributed by atoms with van der Waals surface area (Å²) in [7, 11) is 0. The van der Waals surface area contributed by atoms with E-state index in [2.05, 4.69) is 46.8 Å². The van der Waals surface area contributed by atoms with E-state index in [1.165, 1.54) is 38.5 Å². The number of hydrogen-bond acceptors (Lipinski definition) is 1. The zero-order chi connectivity index (χ0) is 14.7. The van der Waals surface area contributed by atoms with Crippen LogP contribution in [0.25, 0.3) is 0 Å². The van der Waals surface area contributed by atoms with Crippen molar-refractivity contribution in [3.05, 3.63) is 12.2 Å². The Hall–Kier alpha value is -0.300. The van der Waals surface area contributed by atoms with Crippen LogP contribution in [0.4, 0.5) is 0 Å². The topological polar surface area (TPSA) is 26.0 Å². The van der Waals surface area contributed by atoms with Crippen LogP contribution in [-0.2, 0) is 0 Å². The number of rotatable bonds is 11. The predicted octanol–water partition coefficient (Wildman–Crippen LogP) is 5.41. The fraction of sp³-hybridized carbons (Fsp3) is 0.889. The van der Waals surface area contributed by atoms with Crippen LogP contribution in [-0.4, -0.2) is 6.54 Å². The highest BCUT2D eigenvalue weighted by molar-refractivity contribution is 4.90. The lowest BCUT2D eigenvalue weighted by molar-refractivity contribution is 0.227. The molecular formula is C18H37N. The second-order valence-corrected chi connectivity index (χ2v) is 6.30. The molecule has 0 aliphatic carbocycles. The summed E-state index contributed by atoms with van der Waals surface area (Å²) in [5.41, 5.74) is 5.74. The molecule has 0 fully saturated rings. The smallest absolute Gasteiger partial charge is 0.00515 e. The summed E-state index contributed by atoms with van der Waals surface area (Å²) in [4.78, 5) is 0. The molecule has 4 atom stereocenters. The van der Waals surface area contributed by atoms with Crippen molar-refractivity contribution < 1.29 is 0 Å². The van der Waals surface area contributed by atoms with E-state index < -0.39 is 0 Å². The summed E-state index contributed by atoms with van der Waals surface area (Å²) in [5.74, 6) is 3.11. The summed E-state index contributed by atoms with van der Waals surface area (Å²) < 4.78 is 0. The van der Waals surface area contributed by atoms with Crippen LogP contribution in [0.5, 0.6) is 0 Å². The van der Waals surface area contributed by atoms with Crippen LogP contribution in [0, 0.1) is 23.7 Å². The summed E-state index contributed by atoms with van der Waals surface area (Å²) >= 11 is 0. The summed E-state index contributed by atoms with van der Waals surface area (Å²) in [6.07, 6.45) is 12.6. The van der Waals surface area contributed by atoms with Crippen LogP contribution in [0.2, 0.25) is 0 Å². The van der Waals surface area contributed by atoms with E-state index >= 15 is 0 Å². The molecule has 0 saturated carbocycles. The number of nitrogens with two attached hydrogens (primary N) is 1. The fourth-order valence-electron chi connectivity index (χ4n) is 3.07. The molecule has 0 rings (SSSR count). The quantitative estimate of drug-likeness (QED) is 0.498. The van der Waals surface area contributed by atoms with Gasteiger partial charge in [-0.1, -0.05) is 59.1 Å². The van der Waals surface area contributed by atoms with Gasteiger partial charge in [-0.2, -0.15) is 0 Å². The molecule has 114 valence electrons. The van der Waals surface area contributed by atoms with Crippen molar-refractivity contribution in [1.82, 2.24) is 0 Å². The third-order valence-electron chi connectivity index (χ3n) is 4.60. The van der Waals surface area contributed by atoms with E-state index in [0.29, 0.717) is 5.92 Å². The standard InChI is InChI=1S/C18H37N/c1-6-9-11-18(17(8-3)10-7-2)16(5)13-12-15(4)14-19/h7,10,15-18H,6,8-9,11-14,19H2,1-5H3. The minimum atomic E-state index is 0.677. The van der Waals surface area contributed by atoms with Gasteiger partial charge >= 0.3 is 0 Å². The van der Waals surface area contributed by atoms with Gasteiger partial charge in [0.1, 0.15) is 0 Å². The molecule has 0 aromatic carbocycles. The van der Waals surface area contributed by atoms with Crippen LogP contribution in [0.1, 0.15) is 73.1 Å². The Morgan fingerprint density at radius 2 is 1.74 bits per heavy atom. The van der Waals surface area contributed by atoms with E-state index in [0.717, 1.165) is 24.3 Å². The molecule has 0 aromatic heterocycles. The van der Waals surface area contributed by atoms with Crippen molar-refractivity contribution in [3.8, 4) is 0 Å². The fourth-order valence-corrected chi connectivity index (χ4v) is 3.07. The zero-order valence-electron chi connectivity index (χ0n) is 14.0. The molecule has 0 amide bonds. The van der Waals surface area contributed by atoms with Crippen molar-refractivity contribution in [2.75, 3.05) is 6.54 Å². The Morgan fingerprint density at radius 1 is 1.05 bits per heavy atom. The largest absolute Gasteiger partial charge is 0.330 e. The normalized spacial score (nSPS) is 18.4. The van der Waals surface area contributed by atoms with Crippen LogP contribution in [0.3, 0.4) is 0 Å². The Kier molecular flexibility index (Phi) is 11.3. The number of hydrogen-bond donors (Lipinski definition) is 1. The lowest BCUT2D eigenvalue weighted by Gasteiger charge is -2.30. The van der Waals surface area contributed by atoms with Crippen molar-refractivity contribution in [2.24, 2.45) is 29.4 Å². The van der Waals surface area contributed by atoms with Crippen LogP contribution in [0.15, 0.2) is 12.2 Å². The van der Waals surface area contributed by atoms with Gasteiger partial charge in [-0.05, 0) is 56.4 Å². The highest BCUT2D eigenvalue weighted by Gasteiger charge is 2.23. The van der Waals surface area contributed by atoms with E-state index in [4.69, 9.17) is 5.73 Å². The van der Waals surface area contributed by atoms with E-state index in [1.807, 2.05) is 0 Å². The van der Waals surface area contributed by atoms with Gasteiger partial charge < -0.3 is 5.73 Å². The maximum absolute atomic E-state index is 5.74. The molecule has 0 radical (unpaired) electrons. The molecule has 1 nitrogen and oxygen atoms in total. The highest BCUT2D eigenvalue weighted by atomic mass is 14.5. The first-order valence-electron chi connectivity index (χ1n) is 8.43. The Morgan fingerprint density at radius 3 is 2.21 bits per heavy atom. The Balaban J connectivity index is 4.52. The average molecular weight is 268 g/mol. The first-order chi connectivity index (χ1) is 9.10. The molecule has 4 unspecified atom stereocenters. The molecule has 1 heteroatoms. The Labute approximate surface area is 122 Å². The first-order valence-corrected chi connectivity index (χ1v) is 8.43. The molecule has 0 aromatic rings. The van der Waals surface area contributed by atoms with E-state index in [9.17, 15) is 0 Å². The molecule has 0 heterocycles. The van der Waals surface area contributed by atoms with Crippen LogP contribution >= 0.6 is 0 Å². The summed E-state index contributed by atoms with van der Waals surface area (Å²) in [6.45, 7) is 12.3. The second-order valence-electron chi connectivity index (χ2n) is 6.30. The van der Waals surface area contributed by atoms with Crippen LogP contribution < -0.4 is 5.73 Å². The minimum absolute atomic E-state index is 0.677. The molecule has 0 spiro atoms. The zero-order valence-corrected chi connectivity index (χ0v) is 14.0. The second kappa shape index (κ2) is 11.5. The van der Waals surface area contributed by atoms with Gasteiger partial charge in [0.05, 0.1) is 0 Å². The highest BCUT2D eigenvalue weighted by Crippen LogP contribution is 2.33. The molecular weight excluding hydrogens is 230 g/mol. The minimum Gasteiger partial charge on any atom is -0.330 e. The van der Waals surface area contributed by atoms with Crippen molar-refractivity contribution >= 4 is 0 Å². The number of allylic oxidation sites excluding steroid dienone is 2. The van der Waals surface area contributed by atoms with Gasteiger partial charge in [0.25, 0.3) is 0 Å². The summed E-state index contributed by atoms with van der Waals surface area (Å²) in [6, 6.07) is 0. The molecule has 0 aliphatic rings.